The molecule has 2 heterocycles. The molecule has 1 aromatic carbocycles. The number of carbonyl (C=O) groups excluding carboxylic acids is 1. The van der Waals surface area contributed by atoms with Gasteiger partial charge in [0.25, 0.3) is 5.91 Å². The molecule has 25 heavy (non-hydrogen) atoms. The smallest absolute Gasteiger partial charge is 0.257 e. The molecule has 0 bridgehead atoms. The van der Waals surface area contributed by atoms with Gasteiger partial charge in [-0.05, 0) is 43.4 Å². The number of rotatable bonds is 4. The highest BCUT2D eigenvalue weighted by Crippen LogP contribution is 2.20. The van der Waals surface area contributed by atoms with Crippen LogP contribution in [-0.2, 0) is 10.0 Å². The Hall–Kier alpha value is -2.29. The molecule has 1 N–H and O–H groups in total. The lowest BCUT2D eigenvalue weighted by atomic mass is 10.2. The van der Waals surface area contributed by atoms with Crippen molar-refractivity contribution >= 4 is 21.6 Å². The minimum absolute atomic E-state index is 0.233. The normalized spacial score (nSPS) is 16.5. The average molecular weight is 360 g/mol. The van der Waals surface area contributed by atoms with E-state index in [1.807, 2.05) is 7.05 Å². The first kappa shape index (κ1) is 17.5. The zero-order valence-electron chi connectivity index (χ0n) is 13.9. The average Bonchev–Trinajstić information content (AvgIpc) is 2.63. The molecule has 132 valence electrons. The van der Waals surface area contributed by atoms with E-state index in [1.165, 1.54) is 22.6 Å². The van der Waals surface area contributed by atoms with Crippen LogP contribution in [0.2, 0.25) is 0 Å². The quantitative estimate of drug-likeness (QED) is 0.888. The number of benzene rings is 1. The molecule has 0 aliphatic carbocycles. The van der Waals surface area contributed by atoms with Crippen LogP contribution >= 0.6 is 0 Å². The van der Waals surface area contributed by atoms with Crippen LogP contribution in [-0.4, -0.2) is 61.7 Å². The minimum atomic E-state index is -3.50. The van der Waals surface area contributed by atoms with Gasteiger partial charge in [0.1, 0.15) is 0 Å². The molecule has 1 aromatic heterocycles. The van der Waals surface area contributed by atoms with E-state index in [-0.39, 0.29) is 10.8 Å². The van der Waals surface area contributed by atoms with Crippen LogP contribution < -0.4 is 5.32 Å². The van der Waals surface area contributed by atoms with E-state index in [1.54, 1.807) is 30.5 Å². The molecule has 0 unspecified atom stereocenters. The van der Waals surface area contributed by atoms with E-state index in [2.05, 4.69) is 15.2 Å². The van der Waals surface area contributed by atoms with Crippen molar-refractivity contribution in [3.05, 3.63) is 54.4 Å². The largest absolute Gasteiger partial charge is 0.322 e. The second-order valence-corrected chi connectivity index (χ2v) is 7.87. The Kier molecular flexibility index (Phi) is 5.12. The van der Waals surface area contributed by atoms with Gasteiger partial charge in [0.15, 0.2) is 0 Å². The first-order valence-electron chi connectivity index (χ1n) is 7.97. The van der Waals surface area contributed by atoms with Gasteiger partial charge in [-0.3, -0.25) is 9.78 Å². The van der Waals surface area contributed by atoms with Crippen molar-refractivity contribution in [2.75, 3.05) is 38.5 Å². The van der Waals surface area contributed by atoms with Crippen molar-refractivity contribution in [1.29, 1.82) is 0 Å². The maximum Gasteiger partial charge on any atom is 0.257 e. The molecule has 1 saturated heterocycles. The molecular formula is C17H20N4O3S. The summed E-state index contributed by atoms with van der Waals surface area (Å²) in [6.45, 7) is 2.41. The molecule has 0 radical (unpaired) electrons. The highest BCUT2D eigenvalue weighted by Gasteiger charge is 2.27. The zero-order chi connectivity index (χ0) is 17.9. The Labute approximate surface area is 147 Å². The standard InChI is InChI=1S/C17H20N4O3S/c1-20-9-11-21(12-10-20)25(23,24)16-6-4-15(5-7-16)19-17(22)14-3-2-8-18-13-14/h2-8,13H,9-12H2,1H3,(H,19,22). The third-order valence-electron chi connectivity index (χ3n) is 4.14. The third kappa shape index (κ3) is 4.04. The van der Waals surface area contributed by atoms with Crippen LogP contribution in [0.1, 0.15) is 10.4 Å². The molecule has 7 nitrogen and oxygen atoms in total. The van der Waals surface area contributed by atoms with Gasteiger partial charge in [-0.15, -0.1) is 0 Å². The summed E-state index contributed by atoms with van der Waals surface area (Å²) >= 11 is 0. The highest BCUT2D eigenvalue weighted by molar-refractivity contribution is 7.89. The topological polar surface area (TPSA) is 82.6 Å². The summed E-state index contributed by atoms with van der Waals surface area (Å²) in [6, 6.07) is 9.57. The summed E-state index contributed by atoms with van der Waals surface area (Å²) in [5, 5.41) is 2.73. The van der Waals surface area contributed by atoms with E-state index in [0.717, 1.165) is 13.1 Å². The fourth-order valence-corrected chi connectivity index (χ4v) is 4.01. The maximum absolute atomic E-state index is 12.7. The predicted octanol–water partition coefficient (Wildman–Crippen LogP) is 1.27. The Balaban J connectivity index is 1.70. The Morgan fingerprint density at radius 2 is 1.76 bits per heavy atom. The van der Waals surface area contributed by atoms with E-state index in [9.17, 15) is 13.2 Å². The summed E-state index contributed by atoms with van der Waals surface area (Å²) in [7, 11) is -1.52. The first-order chi connectivity index (χ1) is 12.0. The zero-order valence-corrected chi connectivity index (χ0v) is 14.7. The highest BCUT2D eigenvalue weighted by atomic mass is 32.2. The van der Waals surface area contributed by atoms with Crippen molar-refractivity contribution in [3.63, 3.8) is 0 Å². The van der Waals surface area contributed by atoms with Gasteiger partial charge in [-0.1, -0.05) is 0 Å². The number of aromatic nitrogens is 1. The van der Waals surface area contributed by atoms with Crippen LogP contribution in [0.5, 0.6) is 0 Å². The first-order valence-corrected chi connectivity index (χ1v) is 9.41. The number of nitrogens with one attached hydrogen (secondary N) is 1. The van der Waals surface area contributed by atoms with E-state index < -0.39 is 10.0 Å². The Morgan fingerprint density at radius 3 is 2.36 bits per heavy atom. The van der Waals surface area contributed by atoms with Crippen molar-refractivity contribution in [2.45, 2.75) is 4.90 Å². The Bertz CT molecular complexity index is 830. The lowest BCUT2D eigenvalue weighted by Crippen LogP contribution is -2.46. The van der Waals surface area contributed by atoms with Crippen LogP contribution in [0, 0.1) is 0 Å². The fraction of sp³-hybridized carbons (Fsp3) is 0.294. The van der Waals surface area contributed by atoms with E-state index >= 15 is 0 Å². The predicted molar refractivity (Wildman–Crippen MR) is 94.9 cm³/mol. The van der Waals surface area contributed by atoms with Crippen LogP contribution in [0.15, 0.2) is 53.7 Å². The summed E-state index contributed by atoms with van der Waals surface area (Å²) in [6.07, 6.45) is 3.07. The number of pyridine rings is 1. The van der Waals surface area contributed by atoms with Gasteiger partial charge < -0.3 is 10.2 Å². The number of piperazine rings is 1. The molecule has 0 atom stereocenters. The summed E-state index contributed by atoms with van der Waals surface area (Å²) in [5.41, 5.74) is 0.975. The number of anilines is 1. The number of carbonyl (C=O) groups is 1. The molecule has 1 aliphatic rings. The van der Waals surface area contributed by atoms with Gasteiger partial charge in [0.05, 0.1) is 10.5 Å². The van der Waals surface area contributed by atoms with E-state index in [0.29, 0.717) is 24.3 Å². The molecular weight excluding hydrogens is 340 g/mol. The van der Waals surface area contributed by atoms with Gasteiger partial charge in [-0.25, -0.2) is 8.42 Å². The molecule has 8 heteroatoms. The van der Waals surface area contributed by atoms with Crippen LogP contribution in [0.4, 0.5) is 5.69 Å². The lowest BCUT2D eigenvalue weighted by Gasteiger charge is -2.31. The molecule has 3 rings (SSSR count). The van der Waals surface area contributed by atoms with Gasteiger partial charge in [0, 0.05) is 44.3 Å². The van der Waals surface area contributed by atoms with Crippen molar-refractivity contribution in [1.82, 2.24) is 14.2 Å². The molecule has 1 fully saturated rings. The Morgan fingerprint density at radius 1 is 1.08 bits per heavy atom. The SMILES string of the molecule is CN1CCN(S(=O)(=O)c2ccc(NC(=O)c3cccnc3)cc2)CC1. The summed E-state index contributed by atoms with van der Waals surface area (Å²) in [4.78, 5) is 18.3. The number of amides is 1. The second-order valence-electron chi connectivity index (χ2n) is 5.93. The molecule has 0 spiro atoms. The molecule has 1 amide bonds. The molecule has 0 saturated carbocycles. The van der Waals surface area contributed by atoms with Gasteiger partial charge in [-0.2, -0.15) is 4.31 Å². The monoisotopic (exact) mass is 360 g/mol. The molecule has 1 aliphatic heterocycles. The van der Waals surface area contributed by atoms with Gasteiger partial charge in [0.2, 0.25) is 10.0 Å². The van der Waals surface area contributed by atoms with E-state index in [4.69, 9.17) is 0 Å². The summed E-state index contributed by atoms with van der Waals surface area (Å²) < 4.78 is 26.8. The number of hydrogen-bond donors (Lipinski definition) is 1. The number of likely N-dealkylation sites (N-methyl/N-ethyl adjacent to an activating group) is 1. The molecule has 2 aromatic rings. The van der Waals surface area contributed by atoms with Crippen LogP contribution in [0.25, 0.3) is 0 Å². The number of sulfonamides is 1. The second kappa shape index (κ2) is 7.30. The minimum Gasteiger partial charge on any atom is -0.322 e. The third-order valence-corrected chi connectivity index (χ3v) is 6.05. The fourth-order valence-electron chi connectivity index (χ4n) is 2.59. The maximum atomic E-state index is 12.7. The van der Waals surface area contributed by atoms with Crippen molar-refractivity contribution in [3.8, 4) is 0 Å². The number of nitrogens with zero attached hydrogens (tertiary/aromatic N) is 3. The number of hydrogen-bond acceptors (Lipinski definition) is 5. The van der Waals surface area contributed by atoms with Crippen molar-refractivity contribution < 1.29 is 13.2 Å². The van der Waals surface area contributed by atoms with Gasteiger partial charge >= 0.3 is 0 Å². The van der Waals surface area contributed by atoms with Crippen molar-refractivity contribution in [2.24, 2.45) is 0 Å². The van der Waals surface area contributed by atoms with Crippen LogP contribution in [0.3, 0.4) is 0 Å². The summed E-state index contributed by atoms with van der Waals surface area (Å²) in [5.74, 6) is -0.289. The lowest BCUT2D eigenvalue weighted by molar-refractivity contribution is 0.102.